The van der Waals surface area contributed by atoms with Crippen LogP contribution >= 0.6 is 0 Å². The number of benzene rings is 1. The molecule has 13 nitrogen and oxygen atoms in total. The number of anilines is 2. The number of hydrogen-bond acceptors (Lipinski definition) is 10. The number of fused-ring (bicyclic) bond motifs is 5. The molecule has 1 spiro atoms. The van der Waals surface area contributed by atoms with Crippen molar-refractivity contribution in [3.63, 3.8) is 0 Å². The van der Waals surface area contributed by atoms with Crippen LogP contribution in [0.1, 0.15) is 19.4 Å². The van der Waals surface area contributed by atoms with Gasteiger partial charge in [-0.15, -0.1) is 0 Å². The predicted molar refractivity (Wildman–Crippen MR) is 117 cm³/mol. The van der Waals surface area contributed by atoms with E-state index >= 15 is 4.39 Å². The van der Waals surface area contributed by atoms with Crippen molar-refractivity contribution in [1.29, 1.82) is 0 Å². The number of carbonyl (C=O) groups is 3. The molecule has 3 aliphatic heterocycles. The van der Waals surface area contributed by atoms with Crippen LogP contribution in [0.15, 0.2) is 16.9 Å². The molecule has 0 unspecified atom stereocenters. The number of amides is 4. The molecule has 3 aromatic rings. The fourth-order valence-electron chi connectivity index (χ4n) is 5.66. The minimum atomic E-state index is -1.72. The monoisotopic (exact) mass is 484 g/mol. The lowest BCUT2D eigenvalue weighted by Gasteiger charge is -2.55. The summed E-state index contributed by atoms with van der Waals surface area (Å²) >= 11 is 0. The Morgan fingerprint density at radius 1 is 1.23 bits per heavy atom. The SMILES string of the molecule is CNc1ncnn1-c1noc2c(F)c3c(cc12)CC1(C(=O)NC(=O)NC1=O)[C@H]1[C@H](C)O[C@H](C)CN31. The molecule has 6 rings (SSSR count). The average Bonchev–Trinajstić information content (AvgIpc) is 3.43. The first-order valence-electron chi connectivity index (χ1n) is 11.0. The summed E-state index contributed by atoms with van der Waals surface area (Å²) in [6, 6.07) is -0.116. The Morgan fingerprint density at radius 2 is 1.97 bits per heavy atom. The standard InChI is InChI=1S/C21H21FN8O5/c1-8-6-29-13-10(5-21(15(29)9(2)34-8)17(31)26-20(33)27-18(21)32)4-11-14(12(13)22)35-28-16(11)30-19(23-3)24-7-25-30/h4,7-9,15H,5-6H2,1-3H3,(H,23,24,25)(H2,26,27,31,32,33)/t8-,9+,15-/m1/s1. The second-order valence-electron chi connectivity index (χ2n) is 8.96. The van der Waals surface area contributed by atoms with E-state index in [1.165, 1.54) is 11.0 Å². The van der Waals surface area contributed by atoms with E-state index in [4.69, 9.17) is 9.26 Å². The molecular formula is C21H21FN8O5. The lowest BCUT2D eigenvalue weighted by atomic mass is 9.66. The summed E-state index contributed by atoms with van der Waals surface area (Å²) in [5.74, 6) is -1.63. The molecule has 2 aromatic heterocycles. The van der Waals surface area contributed by atoms with E-state index in [0.717, 1.165) is 0 Å². The molecule has 2 fully saturated rings. The second-order valence-corrected chi connectivity index (χ2v) is 8.96. The van der Waals surface area contributed by atoms with E-state index in [-0.39, 0.29) is 36.2 Å². The molecule has 4 amide bonds. The third-order valence-electron chi connectivity index (χ3n) is 6.92. The Morgan fingerprint density at radius 3 is 2.69 bits per heavy atom. The van der Waals surface area contributed by atoms with Crippen LogP contribution in [0.25, 0.3) is 16.8 Å². The van der Waals surface area contributed by atoms with Gasteiger partial charge in [0.25, 0.3) is 0 Å². The van der Waals surface area contributed by atoms with Gasteiger partial charge in [0.1, 0.15) is 6.33 Å². The largest absolute Gasteiger partial charge is 0.372 e. The van der Waals surface area contributed by atoms with Gasteiger partial charge in [0.05, 0.1) is 29.3 Å². The highest BCUT2D eigenvalue weighted by molar-refractivity contribution is 6.20. The summed E-state index contributed by atoms with van der Waals surface area (Å²) in [5.41, 5.74) is -1.21. The number of nitrogens with zero attached hydrogens (tertiary/aromatic N) is 5. The highest BCUT2D eigenvalue weighted by Gasteiger charge is 2.63. The van der Waals surface area contributed by atoms with Crippen LogP contribution in [0, 0.1) is 11.2 Å². The van der Waals surface area contributed by atoms with Gasteiger partial charge in [-0.2, -0.15) is 14.8 Å². The van der Waals surface area contributed by atoms with E-state index in [1.54, 1.807) is 24.9 Å². The number of imide groups is 2. The van der Waals surface area contributed by atoms with Crippen LogP contribution < -0.4 is 20.9 Å². The molecule has 5 heterocycles. The fraction of sp³-hybridized carbons (Fsp3) is 0.429. The van der Waals surface area contributed by atoms with Crippen LogP contribution in [-0.2, 0) is 20.7 Å². The summed E-state index contributed by atoms with van der Waals surface area (Å²) in [6.45, 7) is 3.77. The quantitative estimate of drug-likeness (QED) is 0.437. The molecule has 2 saturated heterocycles. The van der Waals surface area contributed by atoms with Crippen LogP contribution in [-0.4, -0.2) is 69.6 Å². The Labute approximate surface area is 196 Å². The highest BCUT2D eigenvalue weighted by atomic mass is 19.1. The molecular weight excluding hydrogens is 463 g/mol. The van der Waals surface area contributed by atoms with Crippen LogP contribution in [0.5, 0.6) is 0 Å². The third kappa shape index (κ3) is 2.76. The number of halogens is 1. The number of hydrogen-bond donors (Lipinski definition) is 3. The Bertz CT molecular complexity index is 1400. The van der Waals surface area contributed by atoms with Gasteiger partial charge in [0.15, 0.2) is 11.2 Å². The molecule has 35 heavy (non-hydrogen) atoms. The minimum Gasteiger partial charge on any atom is -0.372 e. The Kier molecular flexibility index (Phi) is 4.42. The number of rotatable bonds is 2. The van der Waals surface area contributed by atoms with Crippen molar-refractivity contribution in [2.45, 2.75) is 38.5 Å². The number of carbonyl (C=O) groups excluding carboxylic acids is 3. The number of urea groups is 1. The first-order chi connectivity index (χ1) is 16.8. The van der Waals surface area contributed by atoms with Crippen LogP contribution in [0.3, 0.4) is 0 Å². The first-order valence-corrected chi connectivity index (χ1v) is 11.0. The second kappa shape index (κ2) is 7.21. The number of aromatic nitrogens is 4. The topological polar surface area (TPSA) is 157 Å². The Hall–Kier alpha value is -4.07. The van der Waals surface area contributed by atoms with Crippen molar-refractivity contribution in [3.8, 4) is 5.82 Å². The van der Waals surface area contributed by atoms with Crippen molar-refractivity contribution < 1.29 is 28.0 Å². The number of nitrogens with one attached hydrogen (secondary N) is 3. The predicted octanol–water partition coefficient (Wildman–Crippen LogP) is 0.480. The Balaban J connectivity index is 1.60. The van der Waals surface area contributed by atoms with Gasteiger partial charge in [-0.3, -0.25) is 20.2 Å². The van der Waals surface area contributed by atoms with Crippen LogP contribution in [0.2, 0.25) is 0 Å². The molecule has 0 bridgehead atoms. The van der Waals surface area contributed by atoms with Gasteiger partial charge in [-0.25, -0.2) is 9.18 Å². The van der Waals surface area contributed by atoms with E-state index in [9.17, 15) is 14.4 Å². The van der Waals surface area contributed by atoms with Crippen molar-refractivity contribution in [2.75, 3.05) is 23.8 Å². The minimum absolute atomic E-state index is 0.0921. The molecule has 0 aliphatic carbocycles. The summed E-state index contributed by atoms with van der Waals surface area (Å²) in [5, 5.41) is 15.7. The van der Waals surface area contributed by atoms with E-state index in [0.29, 0.717) is 16.9 Å². The average molecular weight is 484 g/mol. The van der Waals surface area contributed by atoms with Gasteiger partial charge in [-0.1, -0.05) is 5.16 Å². The molecule has 3 N–H and O–H groups in total. The summed E-state index contributed by atoms with van der Waals surface area (Å²) < 4.78 is 28.8. The maximum absolute atomic E-state index is 16.1. The van der Waals surface area contributed by atoms with Crippen molar-refractivity contribution >= 4 is 40.5 Å². The van der Waals surface area contributed by atoms with Gasteiger partial charge in [-0.05, 0) is 25.5 Å². The van der Waals surface area contributed by atoms with Crippen molar-refractivity contribution in [2.24, 2.45) is 5.41 Å². The van der Waals surface area contributed by atoms with Crippen molar-refractivity contribution in [3.05, 3.63) is 23.8 Å². The zero-order valence-electron chi connectivity index (χ0n) is 19.0. The maximum Gasteiger partial charge on any atom is 0.328 e. The van der Waals surface area contributed by atoms with Gasteiger partial charge < -0.3 is 19.5 Å². The first kappa shape index (κ1) is 21.5. The van der Waals surface area contributed by atoms with Gasteiger partial charge >= 0.3 is 6.03 Å². The summed E-state index contributed by atoms with van der Waals surface area (Å²) in [4.78, 5) is 44.2. The van der Waals surface area contributed by atoms with Crippen LogP contribution in [0.4, 0.5) is 20.8 Å². The summed E-state index contributed by atoms with van der Waals surface area (Å²) in [6.07, 6.45) is 0.217. The van der Waals surface area contributed by atoms with E-state index < -0.39 is 41.2 Å². The van der Waals surface area contributed by atoms with Gasteiger partial charge in [0.2, 0.25) is 29.2 Å². The van der Waals surface area contributed by atoms with Gasteiger partial charge in [0, 0.05) is 20.0 Å². The number of ether oxygens (including phenoxy) is 1. The molecule has 1 aromatic carbocycles. The third-order valence-corrected chi connectivity index (χ3v) is 6.92. The lowest BCUT2D eigenvalue weighted by Crippen LogP contribution is -2.75. The van der Waals surface area contributed by atoms with E-state index in [2.05, 4.69) is 31.2 Å². The molecule has 182 valence electrons. The molecule has 0 saturated carbocycles. The zero-order valence-corrected chi connectivity index (χ0v) is 19.0. The lowest BCUT2D eigenvalue weighted by molar-refractivity contribution is -0.153. The highest BCUT2D eigenvalue weighted by Crippen LogP contribution is 2.49. The molecule has 14 heteroatoms. The smallest absolute Gasteiger partial charge is 0.328 e. The molecule has 0 radical (unpaired) electrons. The summed E-state index contributed by atoms with van der Waals surface area (Å²) in [7, 11) is 1.65. The number of morpholine rings is 1. The van der Waals surface area contributed by atoms with Crippen molar-refractivity contribution in [1.82, 2.24) is 30.6 Å². The molecule has 3 aliphatic rings. The maximum atomic E-state index is 16.1. The normalized spacial score (nSPS) is 25.3. The zero-order chi connectivity index (χ0) is 24.6. The number of barbiturate groups is 1. The van der Waals surface area contributed by atoms with E-state index in [1.807, 2.05) is 6.92 Å². The molecule has 3 atom stereocenters. The fourth-order valence-corrected chi connectivity index (χ4v) is 5.66.